The predicted molar refractivity (Wildman–Crippen MR) is 138 cm³/mol. The van der Waals surface area contributed by atoms with Gasteiger partial charge in [-0.25, -0.2) is 4.68 Å². The van der Waals surface area contributed by atoms with Gasteiger partial charge in [-0.05, 0) is 36.5 Å². The Labute approximate surface area is 214 Å². The van der Waals surface area contributed by atoms with E-state index in [4.69, 9.17) is 28.6 Å². The molecule has 0 radical (unpaired) electrons. The molecule has 1 aromatic carbocycles. The molecule has 4 aromatic rings. The third kappa shape index (κ3) is 4.63. The lowest BCUT2D eigenvalue weighted by Crippen LogP contribution is -2.64. The number of carbonyl (C=O) groups excluding carboxylic acids is 1. The Bertz CT molecular complexity index is 1460. The highest BCUT2D eigenvalue weighted by Gasteiger charge is 2.41. The van der Waals surface area contributed by atoms with Gasteiger partial charge in [0.2, 0.25) is 5.05 Å². The van der Waals surface area contributed by atoms with Gasteiger partial charge in [-0.3, -0.25) is 9.59 Å². The first-order valence-corrected chi connectivity index (χ1v) is 12.3. The Morgan fingerprint density at radius 1 is 1.20 bits per heavy atom. The van der Waals surface area contributed by atoms with E-state index >= 15 is 0 Å². The number of hydrogen-bond donors (Lipinski definition) is 1. The summed E-state index contributed by atoms with van der Waals surface area (Å²) in [6.07, 6.45) is 3.51. The van der Waals surface area contributed by atoms with E-state index in [1.54, 1.807) is 40.0 Å². The molecule has 0 bridgehead atoms. The van der Waals surface area contributed by atoms with Crippen LogP contribution in [0.5, 0.6) is 0 Å². The summed E-state index contributed by atoms with van der Waals surface area (Å²) < 4.78 is 9.57. The monoisotopic (exact) mass is 527 g/mol. The highest BCUT2D eigenvalue weighted by atomic mass is 35.5. The number of morpholine rings is 1. The van der Waals surface area contributed by atoms with Crippen LogP contribution in [0.1, 0.15) is 15.4 Å². The zero-order valence-electron chi connectivity index (χ0n) is 18.3. The fourth-order valence-corrected chi connectivity index (χ4v) is 5.35. The molecule has 1 fully saturated rings. The third-order valence-electron chi connectivity index (χ3n) is 5.68. The van der Waals surface area contributed by atoms with Gasteiger partial charge in [0, 0.05) is 12.1 Å². The quantitative estimate of drug-likeness (QED) is 0.306. The number of thiophene rings is 1. The molecule has 0 saturated carbocycles. The van der Waals surface area contributed by atoms with Crippen molar-refractivity contribution < 1.29 is 9.53 Å². The van der Waals surface area contributed by atoms with E-state index < -0.39 is 0 Å². The summed E-state index contributed by atoms with van der Waals surface area (Å²) in [5, 5.41) is 11.8. The Morgan fingerprint density at radius 2 is 2.03 bits per heavy atom. The molecule has 3 aromatic heterocycles. The number of benzene rings is 1. The van der Waals surface area contributed by atoms with E-state index in [0.29, 0.717) is 39.7 Å². The lowest BCUT2D eigenvalue weighted by Gasteiger charge is -2.40. The molecule has 178 valence electrons. The fourth-order valence-electron chi connectivity index (χ4n) is 4.09. The second kappa shape index (κ2) is 9.70. The number of nitrogens with zero attached hydrogens (tertiary/aromatic N) is 5. The minimum Gasteiger partial charge on any atom is -0.476 e. The minimum absolute atomic E-state index is 0.139. The van der Waals surface area contributed by atoms with Crippen LogP contribution < -0.4 is 15.5 Å². The molecule has 1 saturated heterocycles. The van der Waals surface area contributed by atoms with Gasteiger partial charge in [0.1, 0.15) is 24.5 Å². The zero-order chi connectivity index (χ0) is 24.4. The van der Waals surface area contributed by atoms with Gasteiger partial charge in [0.15, 0.2) is 12.2 Å². The standard InChI is InChI=1S/C23H19ClN6O3S2/c24-20-9-8-19(35-20)23(32)25-13-16-14-28(27-26-16)17-5-1-2-6-18(17)30(11-12-33-22(34)15-30)29-10-4-3-7-21(29)31/h1-10,14H,11-13,15H2/p+1. The number of halogens is 1. The van der Waals surface area contributed by atoms with Crippen LogP contribution in [0, 0.1) is 0 Å². The molecule has 12 heteroatoms. The summed E-state index contributed by atoms with van der Waals surface area (Å²) >= 11 is 12.6. The summed E-state index contributed by atoms with van der Waals surface area (Å²) in [5.74, 6) is -0.230. The van der Waals surface area contributed by atoms with Crippen molar-refractivity contribution in [2.24, 2.45) is 0 Å². The van der Waals surface area contributed by atoms with Crippen molar-refractivity contribution in [1.29, 1.82) is 0 Å². The number of quaternary nitrogens is 1. The molecular weight excluding hydrogens is 508 g/mol. The van der Waals surface area contributed by atoms with E-state index in [1.807, 2.05) is 30.3 Å². The average Bonchev–Trinajstić information content (AvgIpc) is 3.52. The van der Waals surface area contributed by atoms with E-state index in [0.717, 1.165) is 11.4 Å². The summed E-state index contributed by atoms with van der Waals surface area (Å²) in [6.45, 7) is 1.39. The highest BCUT2D eigenvalue weighted by molar-refractivity contribution is 7.80. The Hall–Kier alpha value is -3.38. The van der Waals surface area contributed by atoms with Gasteiger partial charge >= 0.3 is 0 Å². The summed E-state index contributed by atoms with van der Waals surface area (Å²) in [5.41, 5.74) is 1.99. The van der Waals surface area contributed by atoms with Crippen molar-refractivity contribution in [2.75, 3.05) is 19.7 Å². The number of rotatable bonds is 6. The number of thiocarbonyl (C=S) groups is 1. The number of para-hydroxylation sites is 2. The second-order valence-corrected chi connectivity index (χ2v) is 10.0. The number of hydrogen-bond acceptors (Lipinski definition) is 7. The predicted octanol–water partition coefficient (Wildman–Crippen LogP) is 3.20. The van der Waals surface area contributed by atoms with Crippen molar-refractivity contribution in [2.45, 2.75) is 6.54 Å². The van der Waals surface area contributed by atoms with Crippen molar-refractivity contribution in [3.05, 3.63) is 92.3 Å². The number of carbonyl (C=O) groups is 1. The van der Waals surface area contributed by atoms with Gasteiger partial charge < -0.3 is 10.1 Å². The third-order valence-corrected chi connectivity index (χ3v) is 7.15. The second-order valence-electron chi connectivity index (χ2n) is 7.84. The molecule has 1 N–H and O–H groups in total. The van der Waals surface area contributed by atoms with Gasteiger partial charge in [0.05, 0.1) is 28.2 Å². The van der Waals surface area contributed by atoms with Crippen LogP contribution in [0.25, 0.3) is 5.69 Å². The van der Waals surface area contributed by atoms with Crippen LogP contribution in [0.3, 0.4) is 0 Å². The van der Waals surface area contributed by atoms with E-state index in [1.165, 1.54) is 17.4 Å². The smallest absolute Gasteiger partial charge is 0.296 e. The SMILES string of the molecule is O=C(NCc1cn(-c2ccccc2[N+]2(n3ccccc3=O)CCOC(=S)C2)nn1)c1ccc(Cl)s1. The lowest BCUT2D eigenvalue weighted by atomic mass is 10.2. The average molecular weight is 528 g/mol. The number of aromatic nitrogens is 4. The maximum absolute atomic E-state index is 12.9. The van der Waals surface area contributed by atoms with E-state index in [-0.39, 0.29) is 22.6 Å². The van der Waals surface area contributed by atoms with Crippen LogP contribution in [-0.4, -0.2) is 50.3 Å². The molecule has 35 heavy (non-hydrogen) atoms. The van der Waals surface area contributed by atoms with E-state index in [9.17, 15) is 9.59 Å². The number of nitrogens with one attached hydrogen (secondary N) is 1. The van der Waals surface area contributed by atoms with Crippen LogP contribution in [0.15, 0.2) is 71.8 Å². The number of ether oxygens (including phenoxy) is 1. The molecule has 0 aliphatic carbocycles. The molecule has 4 heterocycles. The Kier molecular flexibility index (Phi) is 6.48. The summed E-state index contributed by atoms with van der Waals surface area (Å²) in [7, 11) is 0. The maximum Gasteiger partial charge on any atom is 0.296 e. The zero-order valence-corrected chi connectivity index (χ0v) is 20.7. The van der Waals surface area contributed by atoms with E-state index in [2.05, 4.69) is 15.6 Å². The highest BCUT2D eigenvalue weighted by Crippen LogP contribution is 2.32. The maximum atomic E-state index is 12.9. The molecule has 1 unspecified atom stereocenters. The first-order chi connectivity index (χ1) is 17.0. The van der Waals surface area contributed by atoms with Gasteiger partial charge in [-0.2, -0.15) is 9.27 Å². The normalized spacial score (nSPS) is 17.7. The molecule has 1 amide bonds. The number of amides is 1. The largest absolute Gasteiger partial charge is 0.476 e. The molecule has 1 atom stereocenters. The van der Waals surface area contributed by atoms with Crippen LogP contribution >= 0.6 is 35.2 Å². The van der Waals surface area contributed by atoms with Crippen LogP contribution in [-0.2, 0) is 11.3 Å². The first kappa shape index (κ1) is 23.4. The number of pyridine rings is 1. The topological polar surface area (TPSA) is 91.0 Å². The van der Waals surface area contributed by atoms with Crippen molar-refractivity contribution in [3.63, 3.8) is 0 Å². The molecule has 0 spiro atoms. The van der Waals surface area contributed by atoms with Crippen LogP contribution in [0.4, 0.5) is 5.69 Å². The minimum atomic E-state index is -0.230. The molecule has 1 aliphatic rings. The molecule has 5 rings (SSSR count). The van der Waals surface area contributed by atoms with Crippen molar-refractivity contribution in [1.82, 2.24) is 29.6 Å². The van der Waals surface area contributed by atoms with Gasteiger partial charge in [0.25, 0.3) is 11.5 Å². The summed E-state index contributed by atoms with van der Waals surface area (Å²) in [6, 6.07) is 16.1. The van der Waals surface area contributed by atoms with Gasteiger partial charge in [-0.15, -0.1) is 16.4 Å². The van der Waals surface area contributed by atoms with Crippen molar-refractivity contribution in [3.8, 4) is 5.69 Å². The molecule has 1 aliphatic heterocycles. The first-order valence-electron chi connectivity index (χ1n) is 10.7. The molecule has 9 nitrogen and oxygen atoms in total. The lowest BCUT2D eigenvalue weighted by molar-refractivity contribution is 0.0954. The van der Waals surface area contributed by atoms with Crippen LogP contribution in [0.2, 0.25) is 4.34 Å². The Morgan fingerprint density at radius 3 is 2.80 bits per heavy atom. The fraction of sp³-hybridized carbons (Fsp3) is 0.174. The molecular formula is C23H20ClN6O3S2+. The van der Waals surface area contributed by atoms with Crippen molar-refractivity contribution >= 4 is 51.8 Å². The van der Waals surface area contributed by atoms with Gasteiger partial charge in [-0.1, -0.05) is 35.0 Å². The summed E-state index contributed by atoms with van der Waals surface area (Å²) in [4.78, 5) is 25.8. The Balaban J connectivity index is 1.49.